The van der Waals surface area contributed by atoms with Crippen LogP contribution < -0.4 is 10.6 Å². The van der Waals surface area contributed by atoms with E-state index in [1.165, 1.54) is 11.8 Å². The van der Waals surface area contributed by atoms with Gasteiger partial charge >= 0.3 is 0 Å². The number of thioether (sulfide) groups is 2. The lowest BCUT2D eigenvalue weighted by molar-refractivity contribution is -0.119. The number of imide groups is 1. The van der Waals surface area contributed by atoms with Crippen LogP contribution >= 0.6 is 35.7 Å². The van der Waals surface area contributed by atoms with Crippen molar-refractivity contribution in [2.75, 3.05) is 0 Å². The Hall–Kier alpha value is -1.79. The Kier molecular flexibility index (Phi) is 10.8. The van der Waals surface area contributed by atoms with Crippen molar-refractivity contribution >= 4 is 57.1 Å². The molecule has 2 unspecified atom stereocenters. The van der Waals surface area contributed by atoms with Crippen molar-refractivity contribution in [1.29, 1.82) is 0 Å². The first-order chi connectivity index (χ1) is 11.3. The number of nitrogens with zero attached hydrogens (tertiary/aromatic N) is 3. The molecule has 2 aliphatic heterocycles. The SMILES string of the molecule is C=C.CC1SC(=O)NC1=O.CC1SC(=S)NC1=O.Cc1nn[nH]n1. The summed E-state index contributed by atoms with van der Waals surface area (Å²) in [6, 6.07) is 0. The fourth-order valence-corrected chi connectivity index (χ4v) is 2.93. The van der Waals surface area contributed by atoms with Crippen molar-refractivity contribution < 1.29 is 14.4 Å². The van der Waals surface area contributed by atoms with Crippen LogP contribution in [0, 0.1) is 6.92 Å². The molecule has 0 spiro atoms. The third-order valence-corrected chi connectivity index (χ3v) is 4.37. The predicted molar refractivity (Wildman–Crippen MR) is 98.6 cm³/mol. The summed E-state index contributed by atoms with van der Waals surface area (Å²) in [7, 11) is 0. The Morgan fingerprint density at radius 1 is 1.04 bits per heavy atom. The molecule has 3 heterocycles. The highest BCUT2D eigenvalue weighted by Gasteiger charge is 2.26. The van der Waals surface area contributed by atoms with Gasteiger partial charge in [0.1, 0.15) is 4.32 Å². The van der Waals surface area contributed by atoms with Gasteiger partial charge in [0.05, 0.1) is 10.5 Å². The maximum Gasteiger partial charge on any atom is 0.286 e. The normalized spacial score (nSPS) is 21.3. The van der Waals surface area contributed by atoms with Gasteiger partial charge in [0.2, 0.25) is 11.8 Å². The third kappa shape index (κ3) is 8.74. The van der Waals surface area contributed by atoms with Crippen LogP contribution in [0.25, 0.3) is 0 Å². The second kappa shape index (κ2) is 11.7. The topological polar surface area (TPSA) is 130 Å². The zero-order valence-corrected chi connectivity index (χ0v) is 15.8. The smallest absolute Gasteiger partial charge is 0.286 e. The lowest BCUT2D eigenvalue weighted by Gasteiger charge is -1.87. The van der Waals surface area contributed by atoms with Gasteiger partial charge in [-0.3, -0.25) is 19.7 Å². The zero-order chi connectivity index (χ0) is 18.7. The minimum Gasteiger partial charge on any atom is -0.311 e. The van der Waals surface area contributed by atoms with Crippen LogP contribution in [0.1, 0.15) is 19.7 Å². The summed E-state index contributed by atoms with van der Waals surface area (Å²) in [4.78, 5) is 31.3. The van der Waals surface area contributed by atoms with Gasteiger partial charge in [0.15, 0.2) is 5.82 Å². The van der Waals surface area contributed by atoms with E-state index in [-0.39, 0.29) is 27.6 Å². The van der Waals surface area contributed by atoms with E-state index in [0.717, 1.165) is 11.8 Å². The van der Waals surface area contributed by atoms with Gasteiger partial charge in [0.25, 0.3) is 5.24 Å². The molecule has 2 aliphatic rings. The van der Waals surface area contributed by atoms with E-state index in [1.807, 2.05) is 6.92 Å². The van der Waals surface area contributed by atoms with Crippen molar-refractivity contribution in [3.63, 3.8) is 0 Å². The maximum atomic E-state index is 10.6. The molecule has 0 aliphatic carbocycles. The summed E-state index contributed by atoms with van der Waals surface area (Å²) >= 11 is 7.13. The molecule has 0 aromatic carbocycles. The highest BCUT2D eigenvalue weighted by molar-refractivity contribution is 8.24. The van der Waals surface area contributed by atoms with Gasteiger partial charge in [-0.05, 0) is 20.8 Å². The second-order valence-electron chi connectivity index (χ2n) is 4.03. The number of aromatic amines is 1. The standard InChI is InChI=1S/C4H5NO2S.C4H5NOS2.C2H4N4.C2H4/c2*1-2-3(6)5-4(7)8-2;1-2-3-5-6-4-2;1-2/h2*2H,1H3,(H,5,6,7);1H3,(H,3,4,5,6);1-2H2. The van der Waals surface area contributed by atoms with Gasteiger partial charge in [0, 0.05) is 0 Å². The predicted octanol–water partition coefficient (Wildman–Crippen LogP) is 1.19. The van der Waals surface area contributed by atoms with Crippen molar-refractivity contribution in [3.05, 3.63) is 19.0 Å². The Balaban J connectivity index is 0.000000317. The number of aromatic nitrogens is 4. The molecule has 1 aromatic rings. The van der Waals surface area contributed by atoms with E-state index in [2.05, 4.69) is 44.4 Å². The van der Waals surface area contributed by atoms with E-state index in [0.29, 0.717) is 10.1 Å². The monoisotopic (exact) mass is 390 g/mol. The molecule has 3 N–H and O–H groups in total. The number of amides is 3. The lowest BCUT2D eigenvalue weighted by Crippen LogP contribution is -2.22. The van der Waals surface area contributed by atoms with Crippen molar-refractivity contribution in [2.24, 2.45) is 0 Å². The molecule has 1 aromatic heterocycles. The number of thiocarbonyl (C=S) groups is 1. The van der Waals surface area contributed by atoms with Crippen LogP contribution in [-0.2, 0) is 9.59 Å². The molecule has 24 heavy (non-hydrogen) atoms. The Labute approximate surface area is 153 Å². The Morgan fingerprint density at radius 3 is 1.71 bits per heavy atom. The van der Waals surface area contributed by atoms with Crippen molar-refractivity contribution in [2.45, 2.75) is 31.3 Å². The number of hydrogen-bond donors (Lipinski definition) is 3. The number of nitrogens with one attached hydrogen (secondary N) is 3. The van der Waals surface area contributed by atoms with E-state index in [9.17, 15) is 14.4 Å². The fraction of sp³-hybridized carbons (Fsp3) is 0.417. The minimum atomic E-state index is -0.234. The molecular weight excluding hydrogens is 372 g/mol. The molecular formula is C12H18N6O3S3. The molecule has 9 nitrogen and oxygen atoms in total. The minimum absolute atomic E-state index is 0.0162. The third-order valence-electron chi connectivity index (χ3n) is 2.21. The average Bonchev–Trinajstić information content (AvgIpc) is 3.18. The summed E-state index contributed by atoms with van der Waals surface area (Å²) in [5, 5.41) is 17.0. The van der Waals surface area contributed by atoms with E-state index in [4.69, 9.17) is 12.2 Å². The molecule has 2 fully saturated rings. The first-order valence-electron chi connectivity index (χ1n) is 6.52. The number of H-pyrrole nitrogens is 1. The summed E-state index contributed by atoms with van der Waals surface area (Å²) in [5.41, 5.74) is 0. The van der Waals surface area contributed by atoms with E-state index >= 15 is 0 Å². The Morgan fingerprint density at radius 2 is 1.58 bits per heavy atom. The molecule has 132 valence electrons. The molecule has 0 bridgehead atoms. The molecule has 2 saturated heterocycles. The molecule has 0 radical (unpaired) electrons. The van der Waals surface area contributed by atoms with Crippen LogP contribution in [0.5, 0.6) is 0 Å². The van der Waals surface area contributed by atoms with E-state index in [1.54, 1.807) is 13.8 Å². The van der Waals surface area contributed by atoms with Crippen LogP contribution in [0.4, 0.5) is 4.79 Å². The first kappa shape index (κ1) is 22.2. The van der Waals surface area contributed by atoms with E-state index < -0.39 is 0 Å². The van der Waals surface area contributed by atoms with Gasteiger partial charge in [-0.2, -0.15) is 5.21 Å². The van der Waals surface area contributed by atoms with Crippen LogP contribution in [-0.4, -0.2) is 52.5 Å². The maximum absolute atomic E-state index is 10.6. The molecule has 0 saturated carbocycles. The quantitative estimate of drug-likeness (QED) is 0.442. The highest BCUT2D eigenvalue weighted by atomic mass is 32.2. The van der Waals surface area contributed by atoms with Crippen LogP contribution in [0.15, 0.2) is 13.2 Å². The largest absolute Gasteiger partial charge is 0.311 e. The lowest BCUT2D eigenvalue weighted by atomic mass is 10.5. The van der Waals surface area contributed by atoms with Gasteiger partial charge in [-0.15, -0.1) is 23.4 Å². The van der Waals surface area contributed by atoms with Gasteiger partial charge in [-0.25, -0.2) is 0 Å². The molecule has 2 atom stereocenters. The second-order valence-corrected chi connectivity index (χ2v) is 7.36. The van der Waals surface area contributed by atoms with Crippen molar-refractivity contribution in [1.82, 2.24) is 31.3 Å². The number of aryl methyl sites for hydroxylation is 1. The summed E-state index contributed by atoms with van der Waals surface area (Å²) in [6.07, 6.45) is 0. The summed E-state index contributed by atoms with van der Waals surface area (Å²) < 4.78 is 0.600. The zero-order valence-electron chi connectivity index (χ0n) is 13.4. The number of carbonyl (C=O) groups is 3. The highest BCUT2D eigenvalue weighted by Crippen LogP contribution is 2.17. The number of tetrazole rings is 1. The van der Waals surface area contributed by atoms with Crippen molar-refractivity contribution in [3.8, 4) is 0 Å². The number of hydrogen-bond acceptors (Lipinski definition) is 9. The average molecular weight is 391 g/mol. The fourth-order valence-electron chi connectivity index (χ4n) is 1.10. The van der Waals surface area contributed by atoms with Gasteiger partial charge < -0.3 is 5.32 Å². The molecule has 3 rings (SSSR count). The number of rotatable bonds is 0. The van der Waals surface area contributed by atoms with Gasteiger partial charge in [-0.1, -0.05) is 41.0 Å². The Bertz CT molecular complexity index is 547. The molecule has 3 amide bonds. The first-order valence-corrected chi connectivity index (χ1v) is 8.69. The van der Waals surface area contributed by atoms with Crippen LogP contribution in [0.3, 0.4) is 0 Å². The summed E-state index contributed by atoms with van der Waals surface area (Å²) in [6.45, 7) is 11.3. The summed E-state index contributed by atoms with van der Waals surface area (Å²) in [5.74, 6) is 0.523. The number of carbonyl (C=O) groups excluding carboxylic acids is 3. The molecule has 12 heteroatoms. The van der Waals surface area contributed by atoms with Crippen LogP contribution in [0.2, 0.25) is 0 Å².